The molecule has 142 valence electrons. The summed E-state index contributed by atoms with van der Waals surface area (Å²) in [4.78, 5) is 38.1. The van der Waals surface area contributed by atoms with Gasteiger partial charge in [-0.2, -0.15) is 0 Å². The molecule has 0 fully saturated rings. The van der Waals surface area contributed by atoms with Gasteiger partial charge in [0.2, 0.25) is 11.8 Å². The first kappa shape index (κ1) is 20.2. The molecule has 2 aromatic rings. The Morgan fingerprint density at radius 2 is 1.74 bits per heavy atom. The molecule has 0 aromatic heterocycles. The van der Waals surface area contributed by atoms with Crippen LogP contribution < -0.4 is 5.32 Å². The molecule has 0 unspecified atom stereocenters. The quantitative estimate of drug-likeness (QED) is 0.601. The summed E-state index contributed by atoms with van der Waals surface area (Å²) in [7, 11) is 1.29. The number of esters is 1. The Morgan fingerprint density at radius 1 is 1.04 bits per heavy atom. The fourth-order valence-corrected chi connectivity index (χ4v) is 2.62. The number of nitrogens with zero attached hydrogens (tertiary/aromatic N) is 1. The highest BCUT2D eigenvalue weighted by atomic mass is 16.5. The number of hydrogen-bond donors (Lipinski definition) is 1. The molecule has 2 amide bonds. The highest BCUT2D eigenvalue weighted by molar-refractivity contribution is 6.04. The summed E-state index contributed by atoms with van der Waals surface area (Å²) in [5.74, 6) is -1.17. The average molecular weight is 368 g/mol. The molecule has 6 nitrogen and oxygen atoms in total. The molecule has 6 heteroatoms. The van der Waals surface area contributed by atoms with Crippen LogP contribution in [0.1, 0.15) is 36.2 Å². The van der Waals surface area contributed by atoms with E-state index in [1.165, 1.54) is 13.2 Å². The number of benzene rings is 2. The second-order valence-electron chi connectivity index (χ2n) is 6.40. The maximum Gasteiger partial charge on any atom is 0.337 e. The van der Waals surface area contributed by atoms with E-state index in [-0.39, 0.29) is 18.4 Å². The molecule has 2 rings (SSSR count). The zero-order valence-corrected chi connectivity index (χ0v) is 15.8. The van der Waals surface area contributed by atoms with Crippen LogP contribution in [0.25, 0.3) is 0 Å². The van der Waals surface area contributed by atoms with Gasteiger partial charge in [0, 0.05) is 18.3 Å². The number of carbonyl (C=O) groups excluding carboxylic acids is 3. The maximum absolute atomic E-state index is 12.6. The number of methoxy groups -OCH3 is 1. The van der Waals surface area contributed by atoms with Crippen molar-refractivity contribution in [1.82, 2.24) is 4.90 Å². The van der Waals surface area contributed by atoms with E-state index in [0.717, 1.165) is 5.56 Å². The molecule has 0 spiro atoms. The van der Waals surface area contributed by atoms with Gasteiger partial charge in [0.25, 0.3) is 0 Å². The maximum atomic E-state index is 12.6. The van der Waals surface area contributed by atoms with Gasteiger partial charge in [-0.05, 0) is 37.6 Å². The zero-order valence-electron chi connectivity index (χ0n) is 15.8. The van der Waals surface area contributed by atoms with E-state index in [9.17, 15) is 14.4 Å². The normalized spacial score (nSPS) is 10.4. The Bertz CT molecular complexity index is 803. The Labute approximate surface area is 159 Å². The van der Waals surface area contributed by atoms with Gasteiger partial charge in [0.15, 0.2) is 0 Å². The number of ether oxygens (including phenoxy) is 1. The number of rotatable bonds is 7. The number of carbonyl (C=O) groups is 3. The van der Waals surface area contributed by atoms with E-state index in [1.54, 1.807) is 23.1 Å². The van der Waals surface area contributed by atoms with Crippen molar-refractivity contribution in [3.63, 3.8) is 0 Å². The number of amides is 2. The van der Waals surface area contributed by atoms with Gasteiger partial charge in [-0.15, -0.1) is 0 Å². The molecule has 0 bridgehead atoms. The fourth-order valence-electron chi connectivity index (χ4n) is 2.62. The summed E-state index contributed by atoms with van der Waals surface area (Å²) >= 11 is 0. The molecule has 0 atom stereocenters. The van der Waals surface area contributed by atoms with Gasteiger partial charge >= 0.3 is 5.97 Å². The van der Waals surface area contributed by atoms with E-state index < -0.39 is 11.9 Å². The predicted molar refractivity (Wildman–Crippen MR) is 103 cm³/mol. The molecule has 0 aliphatic rings. The van der Waals surface area contributed by atoms with E-state index in [2.05, 4.69) is 10.1 Å². The molecule has 27 heavy (non-hydrogen) atoms. The highest BCUT2D eigenvalue weighted by Crippen LogP contribution is 2.14. The predicted octanol–water partition coefficient (Wildman–Crippen LogP) is 3.24. The molecule has 0 aliphatic carbocycles. The number of hydrogen-bond acceptors (Lipinski definition) is 4. The van der Waals surface area contributed by atoms with Crippen LogP contribution in [0, 0.1) is 0 Å². The summed E-state index contributed by atoms with van der Waals surface area (Å²) < 4.78 is 4.66. The van der Waals surface area contributed by atoms with Gasteiger partial charge in [0.05, 0.1) is 12.7 Å². The third-order valence-corrected chi connectivity index (χ3v) is 4.02. The lowest BCUT2D eigenvalue weighted by atomic mass is 10.1. The lowest BCUT2D eigenvalue weighted by molar-refractivity contribution is -0.136. The van der Waals surface area contributed by atoms with Crippen LogP contribution in [0.4, 0.5) is 5.69 Å². The van der Waals surface area contributed by atoms with Gasteiger partial charge in [0.1, 0.15) is 6.42 Å². The van der Waals surface area contributed by atoms with Gasteiger partial charge in [-0.1, -0.05) is 36.4 Å². The van der Waals surface area contributed by atoms with Crippen LogP contribution in [0.5, 0.6) is 0 Å². The first-order valence-corrected chi connectivity index (χ1v) is 8.72. The van der Waals surface area contributed by atoms with Gasteiger partial charge in [-0.25, -0.2) is 4.79 Å². The van der Waals surface area contributed by atoms with E-state index >= 15 is 0 Å². The van der Waals surface area contributed by atoms with Crippen molar-refractivity contribution in [3.05, 3.63) is 65.7 Å². The molecular formula is C21H24N2O4. The highest BCUT2D eigenvalue weighted by Gasteiger charge is 2.20. The smallest absolute Gasteiger partial charge is 0.337 e. The Hall–Kier alpha value is -3.15. The Kier molecular flexibility index (Phi) is 7.11. The molecule has 0 radical (unpaired) electrons. The minimum absolute atomic E-state index is 0.0341. The lowest BCUT2D eigenvalue weighted by Crippen LogP contribution is -2.38. The van der Waals surface area contributed by atoms with Crippen LogP contribution >= 0.6 is 0 Å². The SMILES string of the molecule is COC(=O)c1cccc(NC(=O)CC(=O)N(Cc2ccccc2)C(C)C)c1. The molecule has 1 N–H and O–H groups in total. The summed E-state index contributed by atoms with van der Waals surface area (Å²) in [5, 5.41) is 2.66. The van der Waals surface area contributed by atoms with Crippen LogP contribution in [0.3, 0.4) is 0 Å². The molecule has 0 saturated carbocycles. The standard InChI is InChI=1S/C21H24N2O4/c1-15(2)23(14-16-8-5-4-6-9-16)20(25)13-19(24)22-18-11-7-10-17(12-18)21(26)27-3/h4-12,15H,13-14H2,1-3H3,(H,22,24). The third kappa shape index (κ3) is 5.95. The largest absolute Gasteiger partial charge is 0.465 e. The average Bonchev–Trinajstić information content (AvgIpc) is 2.66. The Balaban J connectivity index is 2.00. The zero-order chi connectivity index (χ0) is 19.8. The van der Waals surface area contributed by atoms with Gasteiger partial charge < -0.3 is 15.0 Å². The lowest BCUT2D eigenvalue weighted by Gasteiger charge is -2.26. The van der Waals surface area contributed by atoms with E-state index in [4.69, 9.17) is 0 Å². The third-order valence-electron chi connectivity index (χ3n) is 4.02. The second-order valence-corrected chi connectivity index (χ2v) is 6.40. The van der Waals surface area contributed by atoms with E-state index in [0.29, 0.717) is 17.8 Å². The summed E-state index contributed by atoms with van der Waals surface area (Å²) in [5.41, 5.74) is 1.77. The summed E-state index contributed by atoms with van der Waals surface area (Å²) in [6.45, 7) is 4.28. The molecule has 2 aromatic carbocycles. The van der Waals surface area contributed by atoms with Crippen molar-refractivity contribution in [1.29, 1.82) is 0 Å². The first-order valence-electron chi connectivity index (χ1n) is 8.72. The van der Waals surface area contributed by atoms with Crippen molar-refractivity contribution >= 4 is 23.5 Å². The topological polar surface area (TPSA) is 75.7 Å². The van der Waals surface area contributed by atoms with Gasteiger partial charge in [-0.3, -0.25) is 9.59 Å². The molecular weight excluding hydrogens is 344 g/mol. The minimum Gasteiger partial charge on any atom is -0.465 e. The summed E-state index contributed by atoms with van der Waals surface area (Å²) in [6, 6.07) is 16.0. The Morgan fingerprint density at radius 3 is 2.37 bits per heavy atom. The summed E-state index contributed by atoms with van der Waals surface area (Å²) in [6.07, 6.45) is -0.270. The number of nitrogens with one attached hydrogen (secondary N) is 1. The van der Waals surface area contributed by atoms with Crippen molar-refractivity contribution in [2.75, 3.05) is 12.4 Å². The first-order chi connectivity index (χ1) is 12.9. The fraction of sp³-hybridized carbons (Fsp3) is 0.286. The number of anilines is 1. The van der Waals surface area contributed by atoms with Crippen LogP contribution in [0.15, 0.2) is 54.6 Å². The van der Waals surface area contributed by atoms with Crippen LogP contribution in [-0.4, -0.2) is 35.8 Å². The van der Waals surface area contributed by atoms with Crippen molar-refractivity contribution in [3.8, 4) is 0 Å². The molecule has 0 saturated heterocycles. The second kappa shape index (κ2) is 9.52. The van der Waals surface area contributed by atoms with E-state index in [1.807, 2.05) is 44.2 Å². The van der Waals surface area contributed by atoms with Crippen LogP contribution in [0.2, 0.25) is 0 Å². The van der Waals surface area contributed by atoms with Crippen LogP contribution in [-0.2, 0) is 20.9 Å². The molecule has 0 heterocycles. The van der Waals surface area contributed by atoms with Crippen molar-refractivity contribution in [2.24, 2.45) is 0 Å². The van der Waals surface area contributed by atoms with Crippen molar-refractivity contribution in [2.45, 2.75) is 32.9 Å². The van der Waals surface area contributed by atoms with Crippen molar-refractivity contribution < 1.29 is 19.1 Å². The monoisotopic (exact) mass is 368 g/mol. The molecule has 0 aliphatic heterocycles. The minimum atomic E-state index is -0.490.